The number of ether oxygens (including phenoxy) is 1. The van der Waals surface area contributed by atoms with Crippen molar-refractivity contribution in [2.24, 2.45) is 0 Å². The normalized spacial score (nSPS) is 11.4. The maximum atomic E-state index is 13.3. The minimum atomic E-state index is -0.893. The minimum Gasteiger partial charge on any atom is -0.465 e. The van der Waals surface area contributed by atoms with Crippen molar-refractivity contribution in [3.63, 3.8) is 0 Å². The number of carbonyl (C=O) groups excluding carboxylic acids is 1. The summed E-state index contributed by atoms with van der Waals surface area (Å²) < 4.78 is 17.7. The first-order chi connectivity index (χ1) is 7.61. The molecule has 0 fully saturated rings. The van der Waals surface area contributed by atoms with Gasteiger partial charge in [0, 0.05) is 5.56 Å². The molecule has 1 aromatic rings. The molecule has 82 valence electrons. The van der Waals surface area contributed by atoms with Gasteiger partial charge in [-0.15, -0.1) is 0 Å². The van der Waals surface area contributed by atoms with Gasteiger partial charge in [-0.2, -0.15) is 5.26 Å². The predicted octanol–water partition coefficient (Wildman–Crippen LogP) is 2.47. The van der Waals surface area contributed by atoms with Crippen molar-refractivity contribution in [1.29, 1.82) is 5.26 Å². The molecular formula is C11H7ClFNO2. The van der Waals surface area contributed by atoms with E-state index in [0.29, 0.717) is 0 Å². The van der Waals surface area contributed by atoms with Gasteiger partial charge in [0.25, 0.3) is 0 Å². The molecule has 1 rings (SSSR count). The quantitative estimate of drug-likeness (QED) is 0.453. The molecule has 0 aromatic heterocycles. The fourth-order valence-corrected chi connectivity index (χ4v) is 1.33. The molecule has 0 spiro atoms. The van der Waals surface area contributed by atoms with Crippen LogP contribution in [-0.2, 0) is 9.53 Å². The highest BCUT2D eigenvalue weighted by molar-refractivity contribution is 6.51. The third-order valence-electron chi connectivity index (χ3n) is 1.83. The number of rotatable bonds is 2. The SMILES string of the molecule is COC(=O)C(C#N)=C(Cl)c1ccccc1F. The van der Waals surface area contributed by atoms with Crippen molar-refractivity contribution in [3.05, 3.63) is 41.2 Å². The zero-order valence-electron chi connectivity index (χ0n) is 8.33. The number of esters is 1. The highest BCUT2D eigenvalue weighted by atomic mass is 35.5. The van der Waals surface area contributed by atoms with Crippen molar-refractivity contribution in [2.75, 3.05) is 7.11 Å². The maximum absolute atomic E-state index is 13.3. The summed E-state index contributed by atoms with van der Waals surface area (Å²) in [6.07, 6.45) is 0. The molecule has 0 amide bonds. The molecule has 0 unspecified atom stereocenters. The van der Waals surface area contributed by atoms with Gasteiger partial charge in [0.05, 0.1) is 12.1 Å². The van der Waals surface area contributed by atoms with Crippen LogP contribution < -0.4 is 0 Å². The maximum Gasteiger partial charge on any atom is 0.350 e. The summed E-state index contributed by atoms with van der Waals surface area (Å²) in [7, 11) is 1.12. The number of nitrogens with zero attached hydrogens (tertiary/aromatic N) is 1. The van der Waals surface area contributed by atoms with Crippen molar-refractivity contribution in [1.82, 2.24) is 0 Å². The van der Waals surface area contributed by atoms with Crippen LogP contribution in [0.2, 0.25) is 0 Å². The first-order valence-electron chi connectivity index (χ1n) is 4.25. The van der Waals surface area contributed by atoms with Gasteiger partial charge < -0.3 is 4.74 Å². The summed E-state index contributed by atoms with van der Waals surface area (Å²) in [5.41, 5.74) is -0.430. The number of methoxy groups -OCH3 is 1. The highest BCUT2D eigenvalue weighted by Crippen LogP contribution is 2.25. The Labute approximate surface area is 96.7 Å². The van der Waals surface area contributed by atoms with Crippen LogP contribution in [0.4, 0.5) is 4.39 Å². The van der Waals surface area contributed by atoms with Crippen molar-refractivity contribution < 1.29 is 13.9 Å². The van der Waals surface area contributed by atoms with E-state index in [1.165, 1.54) is 18.2 Å². The van der Waals surface area contributed by atoms with E-state index in [1.54, 1.807) is 12.1 Å². The molecule has 0 saturated carbocycles. The molecule has 0 aliphatic rings. The number of halogens is 2. The van der Waals surface area contributed by atoms with Gasteiger partial charge in [0.1, 0.15) is 11.9 Å². The summed E-state index contributed by atoms with van der Waals surface area (Å²) in [5, 5.41) is 8.48. The standard InChI is InChI=1S/C11H7ClFNO2/c1-16-11(15)8(6-14)10(12)7-4-2-3-5-9(7)13/h2-5H,1H3. The van der Waals surface area contributed by atoms with Crippen LogP contribution in [0.3, 0.4) is 0 Å². The van der Waals surface area contributed by atoms with E-state index < -0.39 is 17.4 Å². The molecule has 0 saturated heterocycles. The van der Waals surface area contributed by atoms with Gasteiger partial charge >= 0.3 is 5.97 Å². The largest absolute Gasteiger partial charge is 0.465 e. The third-order valence-corrected chi connectivity index (χ3v) is 2.22. The van der Waals surface area contributed by atoms with Crippen molar-refractivity contribution in [3.8, 4) is 6.07 Å². The van der Waals surface area contributed by atoms with E-state index in [9.17, 15) is 9.18 Å². The molecule has 0 aliphatic heterocycles. The topological polar surface area (TPSA) is 50.1 Å². The van der Waals surface area contributed by atoms with E-state index in [2.05, 4.69) is 4.74 Å². The molecule has 0 heterocycles. The Kier molecular flexibility index (Phi) is 4.03. The van der Waals surface area contributed by atoms with Crippen LogP contribution in [0.25, 0.3) is 5.03 Å². The van der Waals surface area contributed by atoms with Gasteiger partial charge in [-0.3, -0.25) is 0 Å². The Balaban J connectivity index is 3.33. The number of benzene rings is 1. The van der Waals surface area contributed by atoms with Crippen LogP contribution in [0.15, 0.2) is 29.8 Å². The molecule has 1 aromatic carbocycles. The Morgan fingerprint density at radius 1 is 1.50 bits per heavy atom. The van der Waals surface area contributed by atoms with Gasteiger partial charge in [0.2, 0.25) is 0 Å². The van der Waals surface area contributed by atoms with Crippen molar-refractivity contribution in [2.45, 2.75) is 0 Å². The van der Waals surface area contributed by atoms with E-state index in [-0.39, 0.29) is 10.6 Å². The second kappa shape index (κ2) is 5.29. The summed E-state index contributed by atoms with van der Waals surface area (Å²) in [6, 6.07) is 7.17. The van der Waals surface area contributed by atoms with Gasteiger partial charge in [0.15, 0.2) is 5.57 Å². The molecule has 3 nitrogen and oxygen atoms in total. The first kappa shape index (κ1) is 12.2. The zero-order chi connectivity index (χ0) is 12.1. The molecule has 0 bridgehead atoms. The first-order valence-corrected chi connectivity index (χ1v) is 4.62. The van der Waals surface area contributed by atoms with Crippen molar-refractivity contribution >= 4 is 22.6 Å². The second-order valence-corrected chi connectivity index (χ2v) is 3.15. The lowest BCUT2D eigenvalue weighted by molar-refractivity contribution is -0.135. The smallest absolute Gasteiger partial charge is 0.350 e. The molecule has 16 heavy (non-hydrogen) atoms. The highest BCUT2D eigenvalue weighted by Gasteiger charge is 2.17. The lowest BCUT2D eigenvalue weighted by Gasteiger charge is -2.03. The predicted molar refractivity (Wildman–Crippen MR) is 56.8 cm³/mol. The molecule has 0 atom stereocenters. The summed E-state index contributed by atoms with van der Waals surface area (Å²) in [6.45, 7) is 0. The Bertz CT molecular complexity index is 491. The lowest BCUT2D eigenvalue weighted by atomic mass is 10.1. The average Bonchev–Trinajstić information content (AvgIpc) is 2.30. The minimum absolute atomic E-state index is 0.00823. The number of carbonyl (C=O) groups is 1. The molecule has 5 heteroatoms. The summed E-state index contributed by atoms with van der Waals surface area (Å²) in [5.74, 6) is -1.50. The van der Waals surface area contributed by atoms with Crippen LogP contribution >= 0.6 is 11.6 Å². The van der Waals surface area contributed by atoms with Crippen LogP contribution in [0, 0.1) is 17.1 Å². The van der Waals surface area contributed by atoms with Crippen LogP contribution in [0.5, 0.6) is 0 Å². The van der Waals surface area contributed by atoms with E-state index in [0.717, 1.165) is 7.11 Å². The second-order valence-electron chi connectivity index (χ2n) is 2.77. The number of nitriles is 1. The molecule has 0 N–H and O–H groups in total. The van der Waals surface area contributed by atoms with Gasteiger partial charge in [-0.1, -0.05) is 29.8 Å². The lowest BCUT2D eigenvalue weighted by Crippen LogP contribution is -2.05. The number of hydrogen-bond donors (Lipinski definition) is 0. The Morgan fingerprint density at radius 3 is 2.62 bits per heavy atom. The third kappa shape index (κ3) is 2.38. The fourth-order valence-electron chi connectivity index (χ4n) is 1.06. The van der Waals surface area contributed by atoms with Crippen LogP contribution in [-0.4, -0.2) is 13.1 Å². The van der Waals surface area contributed by atoms with Gasteiger partial charge in [-0.05, 0) is 6.07 Å². The summed E-state index contributed by atoms with van der Waals surface area (Å²) in [4.78, 5) is 11.2. The summed E-state index contributed by atoms with van der Waals surface area (Å²) >= 11 is 5.77. The average molecular weight is 240 g/mol. The number of hydrogen-bond acceptors (Lipinski definition) is 3. The van der Waals surface area contributed by atoms with Crippen LogP contribution in [0.1, 0.15) is 5.56 Å². The Morgan fingerprint density at radius 2 is 2.12 bits per heavy atom. The molecular weight excluding hydrogens is 233 g/mol. The fraction of sp³-hybridized carbons (Fsp3) is 0.0909. The zero-order valence-corrected chi connectivity index (χ0v) is 9.08. The van der Waals surface area contributed by atoms with E-state index in [4.69, 9.17) is 16.9 Å². The Hall–Kier alpha value is -1.86. The molecule has 0 aliphatic carbocycles. The van der Waals surface area contributed by atoms with Gasteiger partial charge in [-0.25, -0.2) is 9.18 Å². The monoisotopic (exact) mass is 239 g/mol. The molecule has 0 radical (unpaired) electrons. The van der Waals surface area contributed by atoms with E-state index >= 15 is 0 Å². The van der Waals surface area contributed by atoms with E-state index in [1.807, 2.05) is 0 Å².